The van der Waals surface area contributed by atoms with Crippen molar-refractivity contribution in [1.29, 1.82) is 0 Å². The molecular weight excluding hydrogens is 378 g/mol. The van der Waals surface area contributed by atoms with E-state index < -0.39 is 29.3 Å². The number of benzene rings is 1. The highest BCUT2D eigenvalue weighted by Crippen LogP contribution is 2.27. The molecule has 140 valence electrons. The topological polar surface area (TPSA) is 78.1 Å². The zero-order valence-corrected chi connectivity index (χ0v) is 15.1. The van der Waals surface area contributed by atoms with Gasteiger partial charge in [-0.2, -0.15) is 0 Å². The smallest absolute Gasteiger partial charge is 0.322 e. The lowest BCUT2D eigenvalue weighted by Crippen LogP contribution is -2.34. The summed E-state index contributed by atoms with van der Waals surface area (Å²) < 4.78 is 27.2. The number of hydrogen-bond acceptors (Lipinski definition) is 3. The largest absolute Gasteiger partial charge is 0.328 e. The van der Waals surface area contributed by atoms with Crippen molar-refractivity contribution in [3.05, 3.63) is 69.4 Å². The number of fused-ring (bicyclic) bond motifs is 1. The van der Waals surface area contributed by atoms with Gasteiger partial charge in [0, 0.05) is 25.1 Å². The number of carbonyl (C=O) groups excluding carboxylic acids is 1. The summed E-state index contributed by atoms with van der Waals surface area (Å²) in [4.78, 5) is 32.1. The molecule has 9 heteroatoms. The average molecular weight is 393 g/mol. The molecule has 0 aliphatic carbocycles. The van der Waals surface area contributed by atoms with Crippen LogP contribution in [-0.4, -0.2) is 27.9 Å². The number of pyridine rings is 2. The number of aromatic nitrogens is 2. The molecule has 27 heavy (non-hydrogen) atoms. The molecule has 3 aromatic rings. The Bertz CT molecular complexity index is 1090. The van der Waals surface area contributed by atoms with Gasteiger partial charge in [0.25, 0.3) is 5.56 Å². The number of carbonyl (C=O) groups is 1. The predicted octanol–water partition coefficient (Wildman–Crippen LogP) is 4.08. The molecule has 0 unspecified atom stereocenters. The Labute approximate surface area is 157 Å². The van der Waals surface area contributed by atoms with Crippen molar-refractivity contribution in [2.75, 3.05) is 12.4 Å². The molecule has 0 spiro atoms. The van der Waals surface area contributed by atoms with Gasteiger partial charge in [0.15, 0.2) is 11.6 Å². The van der Waals surface area contributed by atoms with Gasteiger partial charge in [-0.1, -0.05) is 11.6 Å². The van der Waals surface area contributed by atoms with Gasteiger partial charge in [-0.05, 0) is 42.1 Å². The molecule has 0 fully saturated rings. The van der Waals surface area contributed by atoms with Crippen LogP contribution in [0.3, 0.4) is 0 Å². The standard InChI is InChI=1S/C18H15ClF2N4O2/c1-9(25(2)18(27)24-10-3-4-22-16(19)5-10)13-8-23-17(26)12-7-15(21)14(20)6-11(12)13/h3-9H,1-2H3,(H,23,26)(H,22,24,27)/t9-/m1/s1. The van der Waals surface area contributed by atoms with Crippen LogP contribution in [0.2, 0.25) is 5.15 Å². The van der Waals surface area contributed by atoms with Gasteiger partial charge in [-0.25, -0.2) is 18.6 Å². The molecule has 0 saturated heterocycles. The van der Waals surface area contributed by atoms with Crippen LogP contribution in [0.25, 0.3) is 10.8 Å². The first-order valence-electron chi connectivity index (χ1n) is 7.93. The zero-order chi connectivity index (χ0) is 19.7. The Hall–Kier alpha value is -3.00. The average Bonchev–Trinajstić information content (AvgIpc) is 2.62. The van der Waals surface area contributed by atoms with E-state index in [1.165, 1.54) is 23.4 Å². The Morgan fingerprint density at radius 2 is 1.93 bits per heavy atom. The highest BCUT2D eigenvalue weighted by atomic mass is 35.5. The third kappa shape index (κ3) is 3.75. The van der Waals surface area contributed by atoms with Crippen LogP contribution in [0.15, 0.2) is 41.5 Å². The summed E-state index contributed by atoms with van der Waals surface area (Å²) >= 11 is 5.80. The normalized spacial score (nSPS) is 12.0. The van der Waals surface area contributed by atoms with Crippen molar-refractivity contribution in [3.8, 4) is 0 Å². The molecule has 0 bridgehead atoms. The fourth-order valence-corrected chi connectivity index (χ4v) is 2.87. The van der Waals surface area contributed by atoms with Gasteiger partial charge in [0.1, 0.15) is 5.15 Å². The first-order chi connectivity index (χ1) is 12.8. The van der Waals surface area contributed by atoms with Crippen LogP contribution in [0, 0.1) is 11.6 Å². The Morgan fingerprint density at radius 3 is 2.59 bits per heavy atom. The maximum atomic E-state index is 13.7. The molecule has 1 atom stereocenters. The lowest BCUT2D eigenvalue weighted by molar-refractivity contribution is 0.208. The van der Waals surface area contributed by atoms with E-state index in [1.807, 2.05) is 0 Å². The maximum Gasteiger partial charge on any atom is 0.322 e. The van der Waals surface area contributed by atoms with Crippen molar-refractivity contribution in [2.24, 2.45) is 0 Å². The minimum Gasteiger partial charge on any atom is -0.328 e. The summed E-state index contributed by atoms with van der Waals surface area (Å²) in [6.07, 6.45) is 2.84. The second-order valence-electron chi connectivity index (χ2n) is 5.97. The van der Waals surface area contributed by atoms with E-state index in [1.54, 1.807) is 20.0 Å². The molecule has 2 heterocycles. The first-order valence-corrected chi connectivity index (χ1v) is 8.31. The van der Waals surface area contributed by atoms with Gasteiger partial charge in [-0.15, -0.1) is 0 Å². The second kappa shape index (κ2) is 7.32. The summed E-state index contributed by atoms with van der Waals surface area (Å²) in [5.41, 5.74) is 0.380. The summed E-state index contributed by atoms with van der Waals surface area (Å²) in [6.45, 7) is 1.70. The van der Waals surface area contributed by atoms with Crippen LogP contribution in [0.4, 0.5) is 19.3 Å². The maximum absolute atomic E-state index is 13.7. The van der Waals surface area contributed by atoms with Crippen LogP contribution in [0.1, 0.15) is 18.5 Å². The number of halogens is 3. The number of anilines is 1. The van der Waals surface area contributed by atoms with Crippen molar-refractivity contribution in [2.45, 2.75) is 13.0 Å². The molecule has 1 aromatic carbocycles. The number of H-pyrrole nitrogens is 1. The molecule has 2 amide bonds. The van der Waals surface area contributed by atoms with Crippen LogP contribution in [-0.2, 0) is 0 Å². The second-order valence-corrected chi connectivity index (χ2v) is 6.36. The number of nitrogens with zero attached hydrogens (tertiary/aromatic N) is 2. The number of rotatable bonds is 3. The van der Waals surface area contributed by atoms with Gasteiger partial charge in [0.05, 0.1) is 11.4 Å². The van der Waals surface area contributed by atoms with Crippen LogP contribution >= 0.6 is 11.6 Å². The molecular formula is C18H15ClF2N4O2. The number of hydrogen-bond donors (Lipinski definition) is 2. The Morgan fingerprint density at radius 1 is 1.26 bits per heavy atom. The van der Waals surface area contributed by atoms with E-state index in [0.717, 1.165) is 12.1 Å². The third-order valence-electron chi connectivity index (χ3n) is 4.30. The van der Waals surface area contributed by atoms with Crippen molar-refractivity contribution in [3.63, 3.8) is 0 Å². The lowest BCUT2D eigenvalue weighted by atomic mass is 10.0. The Kier molecular flexibility index (Phi) is 5.09. The number of amides is 2. The lowest BCUT2D eigenvalue weighted by Gasteiger charge is -2.26. The van der Waals surface area contributed by atoms with E-state index in [4.69, 9.17) is 11.6 Å². The van der Waals surface area contributed by atoms with Gasteiger partial charge < -0.3 is 15.2 Å². The highest BCUT2D eigenvalue weighted by Gasteiger charge is 2.21. The van der Waals surface area contributed by atoms with Crippen molar-refractivity contribution < 1.29 is 13.6 Å². The fraction of sp³-hybridized carbons (Fsp3) is 0.167. The van der Waals surface area contributed by atoms with E-state index in [-0.39, 0.29) is 15.9 Å². The molecule has 0 aliphatic rings. The van der Waals surface area contributed by atoms with Crippen LogP contribution < -0.4 is 10.9 Å². The van der Waals surface area contributed by atoms with Crippen molar-refractivity contribution in [1.82, 2.24) is 14.9 Å². The summed E-state index contributed by atoms with van der Waals surface area (Å²) in [7, 11) is 1.54. The number of nitrogens with one attached hydrogen (secondary N) is 2. The zero-order valence-electron chi connectivity index (χ0n) is 14.4. The Balaban J connectivity index is 1.94. The minimum absolute atomic E-state index is 0.00738. The molecule has 0 saturated carbocycles. The molecule has 2 aromatic heterocycles. The SMILES string of the molecule is C[C@H](c1c[nH]c(=O)c2cc(F)c(F)cc12)N(C)C(=O)Nc1ccnc(Cl)c1. The van der Waals surface area contributed by atoms with E-state index in [2.05, 4.69) is 15.3 Å². The van der Waals surface area contributed by atoms with Gasteiger partial charge >= 0.3 is 6.03 Å². The molecule has 3 rings (SSSR count). The molecule has 0 radical (unpaired) electrons. The van der Waals surface area contributed by atoms with Crippen LogP contribution in [0.5, 0.6) is 0 Å². The predicted molar refractivity (Wildman–Crippen MR) is 98.9 cm³/mol. The molecule has 6 nitrogen and oxygen atoms in total. The van der Waals surface area contributed by atoms with Gasteiger partial charge in [0.2, 0.25) is 0 Å². The van der Waals surface area contributed by atoms with Gasteiger partial charge in [-0.3, -0.25) is 4.79 Å². The van der Waals surface area contributed by atoms with Crippen molar-refractivity contribution >= 4 is 34.1 Å². The minimum atomic E-state index is -1.11. The quantitative estimate of drug-likeness (QED) is 0.659. The summed E-state index contributed by atoms with van der Waals surface area (Å²) in [6, 6.07) is 3.87. The molecule has 0 aliphatic heterocycles. The summed E-state index contributed by atoms with van der Waals surface area (Å²) in [5, 5.41) is 3.14. The van der Waals surface area contributed by atoms with E-state index >= 15 is 0 Å². The van der Waals surface area contributed by atoms with E-state index in [0.29, 0.717) is 11.3 Å². The highest BCUT2D eigenvalue weighted by molar-refractivity contribution is 6.29. The van der Waals surface area contributed by atoms with E-state index in [9.17, 15) is 18.4 Å². The first kappa shape index (κ1) is 18.8. The fourth-order valence-electron chi connectivity index (χ4n) is 2.69. The monoisotopic (exact) mass is 392 g/mol. The number of aromatic amines is 1. The number of urea groups is 1. The summed E-state index contributed by atoms with van der Waals surface area (Å²) in [5.74, 6) is -2.18. The third-order valence-corrected chi connectivity index (χ3v) is 4.51. The molecule has 2 N–H and O–H groups in total.